The lowest BCUT2D eigenvalue weighted by Crippen LogP contribution is -2.19. The van der Waals surface area contributed by atoms with E-state index in [1.807, 2.05) is 44.4 Å². The molecule has 4 aliphatic carbocycles. The molecular formula is C74H71FN20O9S. The molecule has 0 aliphatic heterocycles. The number of benzene rings is 4. The maximum Gasteiger partial charge on any atom is 0.260 e. The standard InChI is InChI=1S/C19H19N5O3.C19H19N5O2S.C18H16FN5O2.C18H17N5O2/c2*1-11-9-16(21-18(26)13-5-3-4-6-15(13)27-2)24(23-11)19-20-14(12-7-8-12)10-17(25)22-19;1-10-8-15(21-17(26)12-4-2-3-5-13(12)19)24(23-10)18-20-14(11-6-7-11)9-16(25)22-18;1-11-9-15(20-17(25)13-5-3-2-4-6-13)23(22-11)18-19-14(12-7-8-12)10-16(24)21-18/h2*3-6,9-10,12H,7-8H2,1-2H3,(H,21,26)(H,20,22,25);2-5,8-9,11H,6-7H2,1H3,(H,21,26)(H,20,22,25);2-6,9-10,12H,7-8H2,1H3,(H,20,25)(H,19,21,24). The first-order chi connectivity index (χ1) is 50.7. The predicted octanol–water partition coefficient (Wildman–Crippen LogP) is 10.4. The third kappa shape index (κ3) is 17.4. The largest absolute Gasteiger partial charge is 0.496 e. The fourth-order valence-corrected chi connectivity index (χ4v) is 11.8. The molecule has 534 valence electrons. The van der Waals surface area contributed by atoms with E-state index in [2.05, 4.69) is 81.5 Å². The summed E-state index contributed by atoms with van der Waals surface area (Å²) in [7, 11) is 1.51. The van der Waals surface area contributed by atoms with Crippen molar-refractivity contribution in [2.75, 3.05) is 34.6 Å². The maximum absolute atomic E-state index is 13.8. The average Bonchev–Trinajstić information content (AvgIpc) is 1.69. The number of amides is 4. The van der Waals surface area contributed by atoms with Crippen LogP contribution in [-0.2, 0) is 0 Å². The summed E-state index contributed by atoms with van der Waals surface area (Å²) < 4.78 is 24.8. The van der Waals surface area contributed by atoms with Crippen molar-refractivity contribution in [1.82, 2.24) is 79.0 Å². The van der Waals surface area contributed by atoms with Gasteiger partial charge in [0.25, 0.3) is 45.9 Å². The molecule has 4 fully saturated rings. The predicted molar refractivity (Wildman–Crippen MR) is 391 cm³/mol. The third-order valence-electron chi connectivity index (χ3n) is 16.9. The van der Waals surface area contributed by atoms with Gasteiger partial charge in [-0.25, -0.2) is 24.3 Å². The van der Waals surface area contributed by atoms with Crippen LogP contribution in [0.25, 0.3) is 23.8 Å². The van der Waals surface area contributed by atoms with E-state index in [9.17, 15) is 42.7 Å². The number of aromatic amines is 4. The second kappa shape index (κ2) is 30.8. The van der Waals surface area contributed by atoms with Gasteiger partial charge in [0.1, 0.15) is 34.8 Å². The Bertz CT molecular complexity index is 5350. The van der Waals surface area contributed by atoms with E-state index in [0.717, 1.165) is 73.3 Å². The first-order valence-electron chi connectivity index (χ1n) is 33.8. The third-order valence-corrected chi connectivity index (χ3v) is 17.7. The molecule has 29 nitrogen and oxygen atoms in total. The lowest BCUT2D eigenvalue weighted by Gasteiger charge is -2.11. The Morgan fingerprint density at radius 2 is 0.714 bits per heavy atom. The molecule has 16 rings (SSSR count). The van der Waals surface area contributed by atoms with Crippen LogP contribution in [0.2, 0.25) is 0 Å². The Hall–Kier alpha value is -12.8. The van der Waals surface area contributed by atoms with Gasteiger partial charge in [-0.3, -0.25) is 58.3 Å². The number of ether oxygens (including phenoxy) is 1. The number of methoxy groups -OCH3 is 1. The van der Waals surface area contributed by atoms with E-state index in [4.69, 9.17) is 4.74 Å². The Morgan fingerprint density at radius 3 is 1.07 bits per heavy atom. The smallest absolute Gasteiger partial charge is 0.260 e. The molecule has 4 amide bonds. The van der Waals surface area contributed by atoms with Gasteiger partial charge in [0.05, 0.1) is 69.4 Å². The van der Waals surface area contributed by atoms with Gasteiger partial charge in [0.2, 0.25) is 23.8 Å². The number of para-hydroxylation sites is 1. The van der Waals surface area contributed by atoms with E-state index in [0.29, 0.717) is 110 Å². The van der Waals surface area contributed by atoms with Crippen molar-refractivity contribution < 1.29 is 28.3 Å². The van der Waals surface area contributed by atoms with Crippen molar-refractivity contribution in [3.8, 4) is 29.5 Å². The highest BCUT2D eigenvalue weighted by Gasteiger charge is 2.31. The highest BCUT2D eigenvalue weighted by Crippen LogP contribution is 2.41. The van der Waals surface area contributed by atoms with Gasteiger partial charge in [0, 0.05) is 82.7 Å². The van der Waals surface area contributed by atoms with Gasteiger partial charge in [-0.15, -0.1) is 11.8 Å². The van der Waals surface area contributed by atoms with E-state index in [1.54, 1.807) is 98.8 Å². The van der Waals surface area contributed by atoms with E-state index >= 15 is 0 Å². The highest BCUT2D eigenvalue weighted by atomic mass is 32.2. The number of thioether (sulfide) groups is 1. The number of hydrogen-bond acceptors (Lipinski definition) is 18. The molecule has 0 spiro atoms. The summed E-state index contributed by atoms with van der Waals surface area (Å²) >= 11 is 1.51. The van der Waals surface area contributed by atoms with Crippen LogP contribution in [0.15, 0.2) is 176 Å². The second-order valence-electron chi connectivity index (χ2n) is 25.5. The lowest BCUT2D eigenvalue weighted by atomic mass is 10.2. The van der Waals surface area contributed by atoms with Crippen LogP contribution in [0.1, 0.15) is 162 Å². The molecule has 0 radical (unpaired) electrons. The van der Waals surface area contributed by atoms with Crippen molar-refractivity contribution in [3.63, 3.8) is 0 Å². The Labute approximate surface area is 601 Å². The monoisotopic (exact) mass is 1430 g/mol. The molecule has 4 aromatic carbocycles. The summed E-state index contributed by atoms with van der Waals surface area (Å²) in [6.07, 6.45) is 10.2. The number of carbonyl (C=O) groups excluding carboxylic acids is 4. The molecule has 0 unspecified atom stereocenters. The van der Waals surface area contributed by atoms with Crippen molar-refractivity contribution in [1.29, 1.82) is 0 Å². The van der Waals surface area contributed by atoms with Gasteiger partial charge >= 0.3 is 0 Å². The van der Waals surface area contributed by atoms with Crippen LogP contribution in [0.3, 0.4) is 0 Å². The van der Waals surface area contributed by atoms with E-state index in [-0.39, 0.29) is 57.4 Å². The van der Waals surface area contributed by atoms with Crippen molar-refractivity contribution in [2.45, 2.75) is 108 Å². The zero-order valence-corrected chi connectivity index (χ0v) is 58.5. The van der Waals surface area contributed by atoms with Crippen LogP contribution < -0.4 is 48.2 Å². The first kappa shape index (κ1) is 70.6. The molecule has 8 N–H and O–H groups in total. The number of rotatable bonds is 18. The van der Waals surface area contributed by atoms with E-state index < -0.39 is 11.7 Å². The fourth-order valence-electron chi connectivity index (χ4n) is 11.2. The van der Waals surface area contributed by atoms with Gasteiger partial charge in [-0.05, 0) is 134 Å². The minimum atomic E-state index is -0.616. The average molecular weight is 1440 g/mol. The van der Waals surface area contributed by atoms with Crippen molar-refractivity contribution in [2.24, 2.45) is 0 Å². The topological polar surface area (TPSA) is 380 Å². The first-order valence-corrected chi connectivity index (χ1v) is 35.0. The zero-order chi connectivity index (χ0) is 73.6. The summed E-state index contributed by atoms with van der Waals surface area (Å²) in [5.41, 5.74) is 6.22. The minimum Gasteiger partial charge on any atom is -0.496 e. The van der Waals surface area contributed by atoms with Crippen LogP contribution in [0.5, 0.6) is 5.75 Å². The molecular weight excluding hydrogens is 1360 g/mol. The summed E-state index contributed by atoms with van der Waals surface area (Å²) in [6.45, 7) is 7.19. The van der Waals surface area contributed by atoms with Crippen LogP contribution in [0.4, 0.5) is 27.7 Å². The normalized spacial score (nSPS) is 13.6. The van der Waals surface area contributed by atoms with Gasteiger partial charge in [0.15, 0.2) is 0 Å². The number of nitrogens with one attached hydrogen (secondary N) is 8. The number of anilines is 4. The molecule has 0 bridgehead atoms. The van der Waals surface area contributed by atoms with Gasteiger partial charge < -0.3 is 26.0 Å². The summed E-state index contributed by atoms with van der Waals surface area (Å²) in [5, 5.41) is 28.6. The maximum atomic E-state index is 13.8. The second-order valence-corrected chi connectivity index (χ2v) is 26.3. The van der Waals surface area contributed by atoms with Crippen molar-refractivity contribution in [3.05, 3.63) is 267 Å². The molecule has 31 heteroatoms. The molecule has 0 saturated heterocycles. The van der Waals surface area contributed by atoms with Crippen LogP contribution >= 0.6 is 11.8 Å². The number of carbonyl (C=O) groups is 4. The SMILES string of the molecule is COc1ccccc1C(=O)Nc1cc(C)nn1-c1nc(C2CC2)cc(=O)[nH]1.CSc1ccccc1C(=O)Nc1cc(C)nn1-c1nc(C2CC2)cc(=O)[nH]1.Cc1cc(NC(=O)c2ccccc2)n(-c2nc(C3CC3)cc(=O)[nH]2)n1.Cc1cc(NC(=O)c2ccccc2F)n(-c2nc(C3CC3)cc(=O)[nH]2)n1. The number of halogens is 1. The van der Waals surface area contributed by atoms with Gasteiger partial charge in [-0.2, -0.15) is 39.1 Å². The van der Waals surface area contributed by atoms with E-state index in [1.165, 1.54) is 80.1 Å². The number of hydrogen-bond donors (Lipinski definition) is 8. The highest BCUT2D eigenvalue weighted by molar-refractivity contribution is 7.98. The summed E-state index contributed by atoms with van der Waals surface area (Å²) in [5.74, 6) is 2.51. The number of aromatic nitrogens is 16. The Morgan fingerprint density at radius 1 is 0.410 bits per heavy atom. The quantitative estimate of drug-likeness (QED) is 0.0370. The molecule has 0 atom stereocenters. The molecule has 8 heterocycles. The Balaban J connectivity index is 0.000000124. The number of nitrogens with zero attached hydrogens (tertiary/aromatic N) is 12. The Kier molecular flexibility index (Phi) is 20.7. The van der Waals surface area contributed by atoms with Crippen molar-refractivity contribution >= 4 is 58.7 Å². The number of aryl methyl sites for hydroxylation is 4. The molecule has 4 saturated carbocycles. The number of H-pyrrole nitrogens is 4. The summed E-state index contributed by atoms with van der Waals surface area (Å²) in [4.78, 5) is 128. The van der Waals surface area contributed by atoms with Crippen LogP contribution in [-0.4, -0.2) is 116 Å². The van der Waals surface area contributed by atoms with Crippen LogP contribution in [0, 0.1) is 33.5 Å². The summed E-state index contributed by atoms with van der Waals surface area (Å²) in [6, 6.07) is 41.9. The van der Waals surface area contributed by atoms with Gasteiger partial charge in [-0.1, -0.05) is 54.6 Å². The molecule has 8 aromatic heterocycles. The lowest BCUT2D eigenvalue weighted by molar-refractivity contribution is 0.101. The molecule has 4 aliphatic rings. The zero-order valence-electron chi connectivity index (χ0n) is 57.7. The molecule has 12 aromatic rings. The fraction of sp³-hybridized carbons (Fsp3) is 0.243. The molecule has 105 heavy (non-hydrogen) atoms. The minimum absolute atomic E-state index is 0.0777.